The number of esters is 1. The molecule has 1 aromatic heterocycles. The fraction of sp³-hybridized carbons (Fsp3) is 0.400. The van der Waals surface area contributed by atoms with E-state index in [2.05, 4.69) is 15.1 Å². The summed E-state index contributed by atoms with van der Waals surface area (Å²) in [6.07, 6.45) is 1.87. The fourth-order valence-electron chi connectivity index (χ4n) is 3.67. The molecular weight excluding hydrogens is 346 g/mol. The van der Waals surface area contributed by atoms with E-state index in [1.54, 1.807) is 19.1 Å². The maximum absolute atomic E-state index is 12.5. The highest BCUT2D eigenvalue weighted by atomic mass is 16.5. The Hall–Kier alpha value is -2.96. The molecule has 0 N–H and O–H groups in total. The molecule has 7 nitrogen and oxygen atoms in total. The van der Waals surface area contributed by atoms with Crippen molar-refractivity contribution in [3.8, 4) is 5.75 Å². The third-order valence-electron chi connectivity index (χ3n) is 5.13. The first kappa shape index (κ1) is 17.5. The number of para-hydroxylation sites is 1. The molecule has 1 aromatic carbocycles. The van der Waals surface area contributed by atoms with E-state index in [9.17, 15) is 9.59 Å². The number of hydrogen-bond acceptors (Lipinski definition) is 7. The zero-order chi connectivity index (χ0) is 18.9. The Morgan fingerprint density at radius 3 is 2.67 bits per heavy atom. The van der Waals surface area contributed by atoms with E-state index in [1.165, 1.54) is 0 Å². The second kappa shape index (κ2) is 6.98. The van der Waals surface area contributed by atoms with Crippen molar-refractivity contribution in [2.24, 2.45) is 0 Å². The average molecular weight is 367 g/mol. The van der Waals surface area contributed by atoms with Crippen LogP contribution < -0.4 is 9.64 Å². The number of hydrogen-bond donors (Lipinski definition) is 0. The van der Waals surface area contributed by atoms with Crippen molar-refractivity contribution in [3.05, 3.63) is 47.7 Å². The van der Waals surface area contributed by atoms with Crippen molar-refractivity contribution in [1.82, 2.24) is 10.2 Å². The summed E-state index contributed by atoms with van der Waals surface area (Å²) in [4.78, 5) is 26.3. The summed E-state index contributed by atoms with van der Waals surface area (Å²) in [6.45, 7) is 3.48. The van der Waals surface area contributed by atoms with Gasteiger partial charge in [0.05, 0.1) is 18.6 Å². The minimum atomic E-state index is -0.470. The van der Waals surface area contributed by atoms with Crippen LogP contribution in [0.25, 0.3) is 0 Å². The normalized spacial score (nSPS) is 18.0. The lowest BCUT2D eigenvalue weighted by molar-refractivity contribution is 0.0231. The number of benzene rings is 1. The van der Waals surface area contributed by atoms with Crippen LogP contribution in [0.1, 0.15) is 47.0 Å². The van der Waals surface area contributed by atoms with Gasteiger partial charge in [0.2, 0.25) is 0 Å². The zero-order valence-corrected chi connectivity index (χ0v) is 15.2. The van der Waals surface area contributed by atoms with Crippen LogP contribution in [0.2, 0.25) is 0 Å². The predicted octanol–water partition coefficient (Wildman–Crippen LogP) is 2.66. The lowest BCUT2D eigenvalue weighted by Gasteiger charge is -2.44. The van der Waals surface area contributed by atoms with Crippen molar-refractivity contribution in [2.45, 2.75) is 31.8 Å². The van der Waals surface area contributed by atoms with Gasteiger partial charge in [-0.3, -0.25) is 4.79 Å². The zero-order valence-electron chi connectivity index (χ0n) is 15.2. The molecule has 1 spiro atoms. The van der Waals surface area contributed by atoms with Gasteiger partial charge in [-0.1, -0.05) is 12.1 Å². The number of carbonyl (C=O) groups excluding carboxylic acids is 2. The second-order valence-corrected chi connectivity index (χ2v) is 6.87. The van der Waals surface area contributed by atoms with E-state index in [0.29, 0.717) is 43.2 Å². The van der Waals surface area contributed by atoms with E-state index in [4.69, 9.17) is 9.47 Å². The Balaban J connectivity index is 1.44. The SMILES string of the molecule is CCOC(=O)c1ccc(N2CCC3(CC2)CC(=O)c2ccccc2O3)nn1. The van der Waals surface area contributed by atoms with Crippen molar-refractivity contribution in [2.75, 3.05) is 24.6 Å². The molecule has 0 unspecified atom stereocenters. The average Bonchev–Trinajstić information content (AvgIpc) is 2.69. The van der Waals surface area contributed by atoms with E-state index in [0.717, 1.165) is 12.8 Å². The van der Waals surface area contributed by atoms with Crippen LogP contribution >= 0.6 is 0 Å². The van der Waals surface area contributed by atoms with Gasteiger partial charge in [-0.25, -0.2) is 4.79 Å². The number of nitrogens with zero attached hydrogens (tertiary/aromatic N) is 3. The molecule has 0 amide bonds. The van der Waals surface area contributed by atoms with Crippen LogP contribution in [0.5, 0.6) is 5.75 Å². The number of carbonyl (C=O) groups is 2. The van der Waals surface area contributed by atoms with Gasteiger partial charge in [-0.2, -0.15) is 0 Å². The van der Waals surface area contributed by atoms with Crippen LogP contribution in [-0.4, -0.2) is 47.2 Å². The van der Waals surface area contributed by atoms with Crippen LogP contribution in [0, 0.1) is 0 Å². The lowest BCUT2D eigenvalue weighted by Crippen LogP contribution is -2.51. The van der Waals surface area contributed by atoms with Crippen molar-refractivity contribution < 1.29 is 19.1 Å². The topological polar surface area (TPSA) is 81.6 Å². The molecule has 4 rings (SSSR count). The molecular formula is C20H21N3O4. The number of Topliss-reactive ketones (excluding diaryl/α,β-unsaturated/α-hetero) is 1. The Labute approximate surface area is 157 Å². The maximum atomic E-state index is 12.5. The largest absolute Gasteiger partial charge is 0.486 e. The van der Waals surface area contributed by atoms with E-state index >= 15 is 0 Å². The summed E-state index contributed by atoms with van der Waals surface area (Å²) in [6, 6.07) is 10.8. The predicted molar refractivity (Wildman–Crippen MR) is 98.2 cm³/mol. The summed E-state index contributed by atoms with van der Waals surface area (Å²) >= 11 is 0. The molecule has 0 aliphatic carbocycles. The molecule has 27 heavy (non-hydrogen) atoms. The maximum Gasteiger partial charge on any atom is 0.358 e. The lowest BCUT2D eigenvalue weighted by atomic mass is 9.82. The molecule has 140 valence electrons. The molecule has 2 aliphatic heterocycles. The highest BCUT2D eigenvalue weighted by Crippen LogP contribution is 2.39. The molecule has 0 atom stereocenters. The van der Waals surface area contributed by atoms with Gasteiger partial charge < -0.3 is 14.4 Å². The third kappa shape index (κ3) is 3.37. The Kier molecular flexibility index (Phi) is 4.51. The number of anilines is 1. The van der Waals surface area contributed by atoms with Gasteiger partial charge in [0.1, 0.15) is 11.4 Å². The second-order valence-electron chi connectivity index (χ2n) is 6.87. The Morgan fingerprint density at radius 1 is 1.19 bits per heavy atom. The summed E-state index contributed by atoms with van der Waals surface area (Å²) in [5, 5.41) is 8.12. The summed E-state index contributed by atoms with van der Waals surface area (Å²) in [5.41, 5.74) is 0.429. The molecule has 2 aromatic rings. The number of ether oxygens (including phenoxy) is 2. The van der Waals surface area contributed by atoms with Crippen LogP contribution in [-0.2, 0) is 4.74 Å². The monoisotopic (exact) mass is 367 g/mol. The number of ketones is 1. The Bertz CT molecular complexity index is 858. The third-order valence-corrected chi connectivity index (χ3v) is 5.13. The highest BCUT2D eigenvalue weighted by molar-refractivity contribution is 6.00. The smallest absolute Gasteiger partial charge is 0.358 e. The van der Waals surface area contributed by atoms with E-state index in [1.807, 2.05) is 24.3 Å². The first-order chi connectivity index (χ1) is 13.1. The van der Waals surface area contributed by atoms with Gasteiger partial charge in [-0.15, -0.1) is 10.2 Å². The van der Waals surface area contributed by atoms with E-state index in [-0.39, 0.29) is 11.5 Å². The quantitative estimate of drug-likeness (QED) is 0.771. The number of fused-ring (bicyclic) bond motifs is 1. The Morgan fingerprint density at radius 2 is 1.96 bits per heavy atom. The minimum absolute atomic E-state index is 0.142. The molecule has 2 aliphatic rings. The number of aromatic nitrogens is 2. The molecule has 7 heteroatoms. The number of rotatable bonds is 3. The molecule has 0 radical (unpaired) electrons. The summed E-state index contributed by atoms with van der Waals surface area (Å²) < 4.78 is 11.2. The highest BCUT2D eigenvalue weighted by Gasteiger charge is 2.43. The van der Waals surface area contributed by atoms with Gasteiger partial charge >= 0.3 is 5.97 Å². The molecule has 1 fully saturated rings. The van der Waals surface area contributed by atoms with Gasteiger partial charge in [0.25, 0.3) is 0 Å². The molecule has 3 heterocycles. The first-order valence-electron chi connectivity index (χ1n) is 9.17. The minimum Gasteiger partial charge on any atom is -0.486 e. The number of piperidine rings is 1. The summed E-state index contributed by atoms with van der Waals surface area (Å²) in [5.74, 6) is 1.06. The van der Waals surface area contributed by atoms with Gasteiger partial charge in [0, 0.05) is 25.9 Å². The van der Waals surface area contributed by atoms with Crippen molar-refractivity contribution >= 4 is 17.6 Å². The summed E-state index contributed by atoms with van der Waals surface area (Å²) in [7, 11) is 0. The molecule has 0 bridgehead atoms. The van der Waals surface area contributed by atoms with Crippen molar-refractivity contribution in [1.29, 1.82) is 0 Å². The van der Waals surface area contributed by atoms with Gasteiger partial charge in [-0.05, 0) is 31.2 Å². The molecule has 0 saturated carbocycles. The van der Waals surface area contributed by atoms with Crippen LogP contribution in [0.15, 0.2) is 36.4 Å². The van der Waals surface area contributed by atoms with E-state index < -0.39 is 11.6 Å². The molecule has 1 saturated heterocycles. The van der Waals surface area contributed by atoms with Gasteiger partial charge in [0.15, 0.2) is 17.3 Å². The van der Waals surface area contributed by atoms with Crippen molar-refractivity contribution in [3.63, 3.8) is 0 Å². The standard InChI is InChI=1S/C20H21N3O4/c1-2-26-19(25)15-7-8-18(22-21-15)23-11-9-20(10-12-23)13-16(24)14-5-3-4-6-17(14)27-20/h3-8H,2,9-13H2,1H3. The van der Waals surface area contributed by atoms with Crippen LogP contribution in [0.3, 0.4) is 0 Å². The first-order valence-corrected chi connectivity index (χ1v) is 9.17. The fourth-order valence-corrected chi connectivity index (χ4v) is 3.67. The van der Waals surface area contributed by atoms with Crippen LogP contribution in [0.4, 0.5) is 5.82 Å².